The molecule has 0 aromatic heterocycles. The van der Waals surface area contributed by atoms with Gasteiger partial charge in [0.2, 0.25) is 0 Å². The van der Waals surface area contributed by atoms with Crippen molar-refractivity contribution in [2.45, 2.75) is 26.1 Å². The van der Waals surface area contributed by atoms with Gasteiger partial charge in [0.1, 0.15) is 11.5 Å². The summed E-state index contributed by atoms with van der Waals surface area (Å²) in [7, 11) is 0. The second-order valence-corrected chi connectivity index (χ2v) is 5.50. The second-order valence-electron chi connectivity index (χ2n) is 4.94. The van der Waals surface area contributed by atoms with Crippen LogP contribution in [-0.4, -0.2) is 4.92 Å². The maximum Gasteiger partial charge on any atom is 0.273 e. The van der Waals surface area contributed by atoms with Crippen molar-refractivity contribution in [1.29, 1.82) is 0 Å². The van der Waals surface area contributed by atoms with Gasteiger partial charge in [-0.05, 0) is 49.6 Å². The zero-order valence-electron chi connectivity index (χ0n) is 12.1. The van der Waals surface area contributed by atoms with Crippen LogP contribution in [-0.2, 0) is 5.33 Å². The van der Waals surface area contributed by atoms with E-state index >= 15 is 0 Å². The average Bonchev–Trinajstić information content (AvgIpc) is 2.47. The summed E-state index contributed by atoms with van der Waals surface area (Å²) in [5.41, 5.74) is 3.96. The first-order valence-electron chi connectivity index (χ1n) is 6.52. The molecule has 5 heteroatoms. The van der Waals surface area contributed by atoms with Gasteiger partial charge in [-0.1, -0.05) is 28.1 Å². The van der Waals surface area contributed by atoms with E-state index in [0.29, 0.717) is 16.6 Å². The van der Waals surface area contributed by atoms with E-state index in [4.69, 9.17) is 4.74 Å². The van der Waals surface area contributed by atoms with E-state index in [1.807, 2.05) is 26.8 Å². The lowest BCUT2D eigenvalue weighted by Crippen LogP contribution is -1.96. The number of nitrogens with zero attached hydrogens (tertiary/aromatic N) is 1. The summed E-state index contributed by atoms with van der Waals surface area (Å²) in [4.78, 5) is 10.6. The van der Waals surface area contributed by atoms with Gasteiger partial charge in [-0.2, -0.15) is 0 Å². The maximum absolute atomic E-state index is 10.9. The van der Waals surface area contributed by atoms with Crippen LogP contribution in [0.1, 0.15) is 22.3 Å². The highest BCUT2D eigenvalue weighted by Crippen LogP contribution is 2.33. The lowest BCUT2D eigenvalue weighted by Gasteiger charge is -2.14. The maximum atomic E-state index is 10.9. The van der Waals surface area contributed by atoms with Crippen molar-refractivity contribution < 1.29 is 9.66 Å². The van der Waals surface area contributed by atoms with Gasteiger partial charge < -0.3 is 4.74 Å². The van der Waals surface area contributed by atoms with Gasteiger partial charge in [-0.25, -0.2) is 0 Å². The van der Waals surface area contributed by atoms with Crippen LogP contribution >= 0.6 is 15.9 Å². The number of hydrogen-bond donors (Lipinski definition) is 0. The number of rotatable bonds is 4. The Hall–Kier alpha value is -1.88. The SMILES string of the molecule is Cc1ccc(C)c(Oc2ccc([N+](=O)[O-])c(CBr)c2)c1C. The fourth-order valence-electron chi connectivity index (χ4n) is 2.11. The van der Waals surface area contributed by atoms with Crippen molar-refractivity contribution in [2.75, 3.05) is 0 Å². The van der Waals surface area contributed by atoms with E-state index < -0.39 is 0 Å². The molecular weight excluding hydrogens is 334 g/mol. The Balaban J connectivity index is 2.41. The molecule has 110 valence electrons. The molecule has 2 aromatic carbocycles. The topological polar surface area (TPSA) is 52.4 Å². The first kappa shape index (κ1) is 15.5. The number of ether oxygens (including phenoxy) is 1. The van der Waals surface area contributed by atoms with Gasteiger partial charge in [-0.3, -0.25) is 10.1 Å². The molecule has 0 amide bonds. The number of hydrogen-bond acceptors (Lipinski definition) is 3. The highest BCUT2D eigenvalue weighted by molar-refractivity contribution is 9.08. The second kappa shape index (κ2) is 6.26. The Bertz CT molecular complexity index is 698. The molecule has 0 aliphatic heterocycles. The number of benzene rings is 2. The van der Waals surface area contributed by atoms with Crippen LogP contribution in [0.5, 0.6) is 11.5 Å². The summed E-state index contributed by atoms with van der Waals surface area (Å²) in [5, 5.41) is 11.4. The molecule has 0 heterocycles. The highest BCUT2D eigenvalue weighted by Gasteiger charge is 2.15. The molecule has 0 saturated heterocycles. The van der Waals surface area contributed by atoms with Crippen molar-refractivity contribution in [3.05, 3.63) is 62.7 Å². The Morgan fingerprint density at radius 3 is 2.43 bits per heavy atom. The largest absolute Gasteiger partial charge is 0.457 e. The fourth-order valence-corrected chi connectivity index (χ4v) is 2.56. The molecule has 0 radical (unpaired) electrons. The van der Waals surface area contributed by atoms with E-state index in [9.17, 15) is 10.1 Å². The van der Waals surface area contributed by atoms with Gasteiger partial charge in [-0.15, -0.1) is 0 Å². The summed E-state index contributed by atoms with van der Waals surface area (Å²) < 4.78 is 5.95. The van der Waals surface area contributed by atoms with Gasteiger partial charge in [0.15, 0.2) is 0 Å². The number of nitro groups is 1. The minimum atomic E-state index is -0.385. The molecule has 0 atom stereocenters. The third kappa shape index (κ3) is 3.24. The van der Waals surface area contributed by atoms with Crippen LogP contribution in [0, 0.1) is 30.9 Å². The smallest absolute Gasteiger partial charge is 0.273 e. The molecule has 0 unspecified atom stereocenters. The highest BCUT2D eigenvalue weighted by atomic mass is 79.9. The zero-order valence-corrected chi connectivity index (χ0v) is 13.7. The van der Waals surface area contributed by atoms with Crippen LogP contribution in [0.3, 0.4) is 0 Å². The molecule has 0 aliphatic carbocycles. The van der Waals surface area contributed by atoms with E-state index in [1.54, 1.807) is 12.1 Å². The Labute approximate surface area is 132 Å². The molecule has 0 N–H and O–H groups in total. The van der Waals surface area contributed by atoms with Crippen molar-refractivity contribution in [3.8, 4) is 11.5 Å². The van der Waals surface area contributed by atoms with Gasteiger partial charge in [0, 0.05) is 17.0 Å². The Morgan fingerprint density at radius 2 is 1.81 bits per heavy atom. The quantitative estimate of drug-likeness (QED) is 0.432. The molecule has 2 rings (SSSR count). The van der Waals surface area contributed by atoms with Crippen LogP contribution in [0.15, 0.2) is 30.3 Å². The predicted octanol–water partition coefficient (Wildman–Crippen LogP) is 5.21. The van der Waals surface area contributed by atoms with Crippen LogP contribution in [0.25, 0.3) is 0 Å². The Morgan fingerprint density at radius 1 is 1.14 bits per heavy atom. The summed E-state index contributed by atoms with van der Waals surface area (Å²) in [5.74, 6) is 1.41. The first-order chi connectivity index (χ1) is 9.93. The van der Waals surface area contributed by atoms with E-state index in [-0.39, 0.29) is 10.6 Å². The van der Waals surface area contributed by atoms with Crippen molar-refractivity contribution in [3.63, 3.8) is 0 Å². The standard InChI is InChI=1S/C16H16BrNO3/c1-10-4-5-11(2)16(12(10)3)21-14-6-7-15(18(19)20)13(8-14)9-17/h4-8H,9H2,1-3H3. The minimum absolute atomic E-state index is 0.0944. The van der Waals surface area contributed by atoms with Crippen molar-refractivity contribution in [1.82, 2.24) is 0 Å². The lowest BCUT2D eigenvalue weighted by molar-refractivity contribution is -0.385. The van der Waals surface area contributed by atoms with E-state index in [2.05, 4.69) is 22.0 Å². The molecule has 0 saturated carbocycles. The fraction of sp³-hybridized carbons (Fsp3) is 0.250. The van der Waals surface area contributed by atoms with Gasteiger partial charge in [0.25, 0.3) is 5.69 Å². The van der Waals surface area contributed by atoms with Crippen LogP contribution in [0.4, 0.5) is 5.69 Å². The van der Waals surface area contributed by atoms with Gasteiger partial charge >= 0.3 is 0 Å². The lowest BCUT2D eigenvalue weighted by atomic mass is 10.1. The molecule has 0 spiro atoms. The van der Waals surface area contributed by atoms with Crippen LogP contribution < -0.4 is 4.74 Å². The third-order valence-corrected chi connectivity index (χ3v) is 4.09. The molecule has 2 aromatic rings. The molecule has 0 bridgehead atoms. The third-order valence-electron chi connectivity index (χ3n) is 3.49. The average molecular weight is 350 g/mol. The summed E-state index contributed by atoms with van der Waals surface area (Å²) in [6.07, 6.45) is 0. The van der Waals surface area contributed by atoms with Gasteiger partial charge in [0.05, 0.1) is 4.92 Å². The van der Waals surface area contributed by atoms with E-state index in [0.717, 1.165) is 22.4 Å². The van der Waals surface area contributed by atoms with Crippen LogP contribution in [0.2, 0.25) is 0 Å². The molecule has 0 aliphatic rings. The number of alkyl halides is 1. The minimum Gasteiger partial charge on any atom is -0.457 e. The molecule has 21 heavy (non-hydrogen) atoms. The normalized spacial score (nSPS) is 10.5. The van der Waals surface area contributed by atoms with Crippen molar-refractivity contribution in [2.24, 2.45) is 0 Å². The predicted molar refractivity (Wildman–Crippen MR) is 86.5 cm³/mol. The summed E-state index contributed by atoms with van der Waals surface area (Å²) in [6.45, 7) is 6.02. The first-order valence-corrected chi connectivity index (χ1v) is 7.64. The van der Waals surface area contributed by atoms with E-state index in [1.165, 1.54) is 6.07 Å². The molecule has 0 fully saturated rings. The summed E-state index contributed by atoms with van der Waals surface area (Å²) in [6, 6.07) is 8.87. The number of aryl methyl sites for hydroxylation is 2. The zero-order chi connectivity index (χ0) is 15.6. The number of halogens is 1. The Kier molecular flexibility index (Phi) is 4.63. The molecule has 4 nitrogen and oxygen atoms in total. The monoisotopic (exact) mass is 349 g/mol. The molecular formula is C16H16BrNO3. The number of nitro benzene ring substituents is 1. The van der Waals surface area contributed by atoms with Crippen molar-refractivity contribution >= 4 is 21.6 Å². The summed E-state index contributed by atoms with van der Waals surface area (Å²) >= 11 is 3.28.